The van der Waals surface area contributed by atoms with Crippen molar-refractivity contribution in [3.8, 4) is 39.6 Å². The Labute approximate surface area is 505 Å². The Bertz CT molecular complexity index is 4530. The topological polar surface area (TPSA) is 43.1 Å². The summed E-state index contributed by atoms with van der Waals surface area (Å²) in [5.74, 6) is 1.42. The smallest absolute Gasteiger partial charge is 0.179 e. The Morgan fingerprint density at radius 3 is 1.26 bits per heavy atom. The maximum absolute atomic E-state index is 5.59. The van der Waals surface area contributed by atoms with Crippen LogP contribution in [0.1, 0.15) is 18.1 Å². The van der Waals surface area contributed by atoms with Crippen molar-refractivity contribution in [3.63, 3.8) is 0 Å². The highest BCUT2D eigenvalue weighted by atomic mass is 28.3. The summed E-state index contributed by atoms with van der Waals surface area (Å²) in [6.45, 7) is 6.76. The minimum atomic E-state index is -2.88. The normalized spacial score (nSPS) is 11.9. The fraction of sp³-hybridized carbons (Fsp3) is 0.0125. The van der Waals surface area contributed by atoms with E-state index in [1.807, 2.05) is 0 Å². The van der Waals surface area contributed by atoms with E-state index in [1.54, 1.807) is 0 Å². The maximum Gasteiger partial charge on any atom is 0.179 e. The lowest BCUT2D eigenvalue weighted by Crippen LogP contribution is -2.74. The molecule has 0 aliphatic heterocycles. The minimum Gasteiger partial charge on any atom is -0.294 e. The molecular formula is C80H60N4Si2. The van der Waals surface area contributed by atoms with Crippen LogP contribution in [-0.4, -0.2) is 36.4 Å². The summed E-state index contributed by atoms with van der Waals surface area (Å²) >= 11 is 0. The molecule has 86 heavy (non-hydrogen) atoms. The van der Waals surface area contributed by atoms with Gasteiger partial charge in [-0.1, -0.05) is 316 Å². The standard InChI is InChI=1S/C80H60N4Si2/c1-58(60-30-28-46-70(55-60)85(64-34-9-3-10-35-64,65-36-11-4-12-37-65)66-38-13-5-14-39-66)81-59(2)72-48-21-22-49-73(72)61-31-27-33-63(54-61)80-82-76(57-79(83-80)84-77-52-25-23-50-74(77)75-51-24-26-53-78(75)84)62-32-29-47-71(56-62)86(67-40-15-6-16-41-67,68-42-17-7-18-43-68)69-44-19-8-20-45-69/h3-57H,1H2,2H3. The summed E-state index contributed by atoms with van der Waals surface area (Å²) in [7, 11) is -5.67. The van der Waals surface area contributed by atoms with Gasteiger partial charge >= 0.3 is 0 Å². The molecule has 0 aliphatic carbocycles. The van der Waals surface area contributed by atoms with E-state index < -0.39 is 16.1 Å². The van der Waals surface area contributed by atoms with E-state index in [-0.39, 0.29) is 0 Å². The summed E-state index contributed by atoms with van der Waals surface area (Å²) < 4.78 is 2.30. The molecule has 2 heterocycles. The Balaban J connectivity index is 0.888. The van der Waals surface area contributed by atoms with Gasteiger partial charge in [0.15, 0.2) is 22.0 Å². The van der Waals surface area contributed by atoms with Gasteiger partial charge in [0.1, 0.15) is 5.82 Å². The third-order valence-corrected chi connectivity index (χ3v) is 26.6. The molecule has 0 unspecified atom stereocenters. The molecular weight excluding hydrogens is 1070 g/mol. The number of nitrogens with zero attached hydrogens (tertiary/aromatic N) is 4. The van der Waals surface area contributed by atoms with Gasteiger partial charge in [0, 0.05) is 39.2 Å². The summed E-state index contributed by atoms with van der Waals surface area (Å²) in [4.78, 5) is 16.5. The SMILES string of the molecule is C=C(N=C(C)c1ccccc1-c1cccc(-c2nc(-c3cccc([Si](c4ccccc4)(c4ccccc4)c4ccccc4)c3)cc(-n3c4ccccc4c4ccccc43)n2)c1)c1cccc([Si](c2ccccc2)(c2ccccc2)c2ccccc2)c1. The van der Waals surface area contributed by atoms with Gasteiger partial charge in [-0.2, -0.15) is 0 Å². The van der Waals surface area contributed by atoms with Crippen molar-refractivity contribution in [2.24, 2.45) is 4.99 Å². The predicted octanol–water partition coefficient (Wildman–Crippen LogP) is 13.8. The minimum absolute atomic E-state index is 0.626. The second-order valence-electron chi connectivity index (χ2n) is 21.9. The molecule has 12 aromatic carbocycles. The molecule has 0 fully saturated rings. The van der Waals surface area contributed by atoms with Gasteiger partial charge in [0.25, 0.3) is 0 Å². The maximum atomic E-state index is 5.59. The highest BCUT2D eigenvalue weighted by molar-refractivity contribution is 7.20. The number of hydrogen-bond acceptors (Lipinski definition) is 3. The molecule has 14 rings (SSSR count). The van der Waals surface area contributed by atoms with E-state index in [1.165, 1.54) is 52.3 Å². The largest absolute Gasteiger partial charge is 0.294 e. The van der Waals surface area contributed by atoms with Crippen LogP contribution >= 0.6 is 0 Å². The van der Waals surface area contributed by atoms with Gasteiger partial charge in [-0.15, -0.1) is 0 Å². The molecule has 0 aliphatic rings. The number of benzene rings is 12. The predicted molar refractivity (Wildman–Crippen MR) is 368 cm³/mol. The number of fused-ring (bicyclic) bond motifs is 3. The van der Waals surface area contributed by atoms with E-state index in [0.29, 0.717) is 11.5 Å². The Hall–Kier alpha value is -10.6. The molecule has 0 saturated carbocycles. The van der Waals surface area contributed by atoms with Crippen molar-refractivity contribution in [2.45, 2.75) is 6.92 Å². The zero-order valence-electron chi connectivity index (χ0n) is 47.8. The molecule has 14 aromatic rings. The van der Waals surface area contributed by atoms with Crippen LogP contribution < -0.4 is 41.5 Å². The van der Waals surface area contributed by atoms with Gasteiger partial charge in [-0.05, 0) is 83.3 Å². The van der Waals surface area contributed by atoms with Gasteiger partial charge in [0.05, 0.1) is 22.4 Å². The first-order valence-electron chi connectivity index (χ1n) is 29.4. The van der Waals surface area contributed by atoms with Crippen molar-refractivity contribution >= 4 is 90.9 Å². The number of aliphatic imine (C=N–C) groups is 1. The first-order valence-corrected chi connectivity index (χ1v) is 33.4. The highest BCUT2D eigenvalue weighted by Gasteiger charge is 2.43. The second kappa shape index (κ2) is 23.2. The third kappa shape index (κ3) is 9.57. The highest BCUT2D eigenvalue weighted by Crippen LogP contribution is 2.35. The fourth-order valence-electron chi connectivity index (χ4n) is 13.2. The van der Waals surface area contributed by atoms with Crippen LogP contribution in [0.25, 0.3) is 67.1 Å². The Kier molecular flexibility index (Phi) is 14.4. The monoisotopic (exact) mass is 1130 g/mol. The average molecular weight is 1130 g/mol. The number of para-hydroxylation sites is 2. The molecule has 0 amide bonds. The van der Waals surface area contributed by atoms with Crippen LogP contribution in [0.2, 0.25) is 0 Å². The third-order valence-electron chi connectivity index (χ3n) is 17.0. The van der Waals surface area contributed by atoms with Crippen LogP contribution in [0, 0.1) is 0 Å². The Morgan fingerprint density at radius 1 is 0.349 bits per heavy atom. The lowest BCUT2D eigenvalue weighted by Gasteiger charge is -2.34. The van der Waals surface area contributed by atoms with E-state index in [9.17, 15) is 0 Å². The van der Waals surface area contributed by atoms with Crippen molar-refractivity contribution in [1.29, 1.82) is 0 Å². The van der Waals surface area contributed by atoms with Crippen LogP contribution in [0.3, 0.4) is 0 Å². The number of aromatic nitrogens is 3. The molecule has 0 saturated heterocycles. The molecule has 0 atom stereocenters. The van der Waals surface area contributed by atoms with Crippen LogP contribution in [0.5, 0.6) is 0 Å². The summed E-state index contributed by atoms with van der Waals surface area (Å²) in [6.07, 6.45) is 0. The molecule has 6 heteroatoms. The summed E-state index contributed by atoms with van der Waals surface area (Å²) in [5.41, 5.74) is 10.6. The van der Waals surface area contributed by atoms with E-state index in [4.69, 9.17) is 15.0 Å². The lowest BCUT2D eigenvalue weighted by molar-refractivity contribution is 1.05. The van der Waals surface area contributed by atoms with Gasteiger partial charge in [-0.25, -0.2) is 9.97 Å². The van der Waals surface area contributed by atoms with Crippen LogP contribution in [0.4, 0.5) is 0 Å². The fourth-order valence-corrected chi connectivity index (χ4v) is 22.8. The second-order valence-corrected chi connectivity index (χ2v) is 29.6. The first-order chi connectivity index (χ1) is 42.5. The summed E-state index contributed by atoms with van der Waals surface area (Å²) in [6, 6.07) is 121. The van der Waals surface area contributed by atoms with Crippen molar-refractivity contribution in [1.82, 2.24) is 14.5 Å². The van der Waals surface area contributed by atoms with Gasteiger partial charge < -0.3 is 0 Å². The van der Waals surface area contributed by atoms with E-state index >= 15 is 0 Å². The number of hydrogen-bond donors (Lipinski definition) is 0. The zero-order valence-corrected chi connectivity index (χ0v) is 49.8. The average Bonchev–Trinajstić information content (AvgIpc) is 1.14. The van der Waals surface area contributed by atoms with Gasteiger partial charge in [0.2, 0.25) is 0 Å². The summed E-state index contributed by atoms with van der Waals surface area (Å²) in [5, 5.41) is 12.8. The van der Waals surface area contributed by atoms with Crippen LogP contribution in [-0.2, 0) is 0 Å². The Morgan fingerprint density at radius 2 is 0.744 bits per heavy atom. The molecule has 0 N–H and O–H groups in total. The van der Waals surface area contributed by atoms with Crippen molar-refractivity contribution in [2.75, 3.05) is 0 Å². The van der Waals surface area contributed by atoms with E-state index in [0.717, 1.165) is 61.6 Å². The number of rotatable bonds is 15. The zero-order chi connectivity index (χ0) is 57.9. The first kappa shape index (κ1) is 53.4. The molecule has 4 nitrogen and oxygen atoms in total. The quantitative estimate of drug-likeness (QED) is 0.0583. The van der Waals surface area contributed by atoms with Crippen molar-refractivity contribution < 1.29 is 0 Å². The van der Waals surface area contributed by atoms with Crippen LogP contribution in [0.15, 0.2) is 345 Å². The molecule has 0 spiro atoms. The van der Waals surface area contributed by atoms with Crippen molar-refractivity contribution in [3.05, 3.63) is 351 Å². The van der Waals surface area contributed by atoms with E-state index in [2.05, 4.69) is 352 Å². The lowest BCUT2D eigenvalue weighted by atomic mass is 9.95. The molecule has 408 valence electrons. The molecule has 0 radical (unpaired) electrons. The van der Waals surface area contributed by atoms with Gasteiger partial charge in [-0.3, -0.25) is 9.56 Å². The molecule has 2 aromatic heterocycles. The molecule has 0 bridgehead atoms.